The van der Waals surface area contributed by atoms with E-state index in [2.05, 4.69) is 4.89 Å². The van der Waals surface area contributed by atoms with Gasteiger partial charge < -0.3 is 10.2 Å². The second-order valence-corrected chi connectivity index (χ2v) is 3.38. The standard InChI is InChI=1S/C10H18O6/c1-2-7-15-16-8(10(13)14)5-3-4-6-9(11)12/h8H,2-7H2,1H3,(H,11,12)(H,13,14). The Kier molecular flexibility index (Phi) is 8.46. The quantitative estimate of drug-likeness (QED) is 0.337. The summed E-state index contributed by atoms with van der Waals surface area (Å²) in [6.45, 7) is 2.23. The van der Waals surface area contributed by atoms with E-state index in [1.807, 2.05) is 6.92 Å². The molecule has 0 aliphatic carbocycles. The van der Waals surface area contributed by atoms with Gasteiger partial charge in [0, 0.05) is 6.42 Å². The van der Waals surface area contributed by atoms with Crippen LogP contribution in [0.4, 0.5) is 0 Å². The number of unbranched alkanes of at least 4 members (excludes halogenated alkanes) is 1. The summed E-state index contributed by atoms with van der Waals surface area (Å²) < 4.78 is 0. The molecule has 16 heavy (non-hydrogen) atoms. The molecule has 6 heteroatoms. The number of rotatable bonds is 10. The SMILES string of the molecule is CCCOOC(CCCCC(=O)O)C(=O)O. The van der Waals surface area contributed by atoms with Gasteiger partial charge in [-0.05, 0) is 25.7 Å². The van der Waals surface area contributed by atoms with Crippen LogP contribution in [0.5, 0.6) is 0 Å². The Morgan fingerprint density at radius 3 is 2.44 bits per heavy atom. The van der Waals surface area contributed by atoms with Gasteiger partial charge in [-0.25, -0.2) is 14.6 Å². The number of carboxylic acid groups (broad SMARTS) is 2. The summed E-state index contributed by atoms with van der Waals surface area (Å²) in [5, 5.41) is 17.1. The molecule has 6 nitrogen and oxygen atoms in total. The highest BCUT2D eigenvalue weighted by atomic mass is 17.2. The average Bonchev–Trinajstić information content (AvgIpc) is 2.21. The highest BCUT2D eigenvalue weighted by Gasteiger charge is 2.18. The molecule has 2 N–H and O–H groups in total. The lowest BCUT2D eigenvalue weighted by Crippen LogP contribution is -2.24. The molecule has 0 amide bonds. The molecule has 1 unspecified atom stereocenters. The Labute approximate surface area is 94.1 Å². The molecule has 0 radical (unpaired) electrons. The zero-order valence-corrected chi connectivity index (χ0v) is 9.35. The van der Waals surface area contributed by atoms with Crippen molar-refractivity contribution in [1.29, 1.82) is 0 Å². The average molecular weight is 234 g/mol. The van der Waals surface area contributed by atoms with Gasteiger partial charge in [-0.1, -0.05) is 6.92 Å². The van der Waals surface area contributed by atoms with Crippen molar-refractivity contribution in [1.82, 2.24) is 0 Å². The first-order valence-electron chi connectivity index (χ1n) is 5.30. The third-order valence-electron chi connectivity index (χ3n) is 1.85. The van der Waals surface area contributed by atoms with E-state index < -0.39 is 18.0 Å². The number of carboxylic acids is 2. The molecule has 0 fully saturated rings. The topological polar surface area (TPSA) is 93.1 Å². The minimum Gasteiger partial charge on any atom is -0.481 e. The molecule has 0 aliphatic heterocycles. The van der Waals surface area contributed by atoms with Crippen LogP contribution >= 0.6 is 0 Å². The highest BCUT2D eigenvalue weighted by Crippen LogP contribution is 2.08. The monoisotopic (exact) mass is 234 g/mol. The molecule has 0 spiro atoms. The van der Waals surface area contributed by atoms with Gasteiger partial charge >= 0.3 is 11.9 Å². The first-order valence-corrected chi connectivity index (χ1v) is 5.30. The van der Waals surface area contributed by atoms with Crippen LogP contribution in [-0.4, -0.2) is 34.9 Å². The zero-order valence-electron chi connectivity index (χ0n) is 9.35. The van der Waals surface area contributed by atoms with Crippen molar-refractivity contribution in [2.45, 2.75) is 45.1 Å². The highest BCUT2D eigenvalue weighted by molar-refractivity contribution is 5.72. The van der Waals surface area contributed by atoms with Crippen LogP contribution < -0.4 is 0 Å². The van der Waals surface area contributed by atoms with E-state index in [-0.39, 0.29) is 12.8 Å². The maximum atomic E-state index is 10.7. The molecule has 0 heterocycles. The molecule has 0 aromatic heterocycles. The first kappa shape index (κ1) is 14.9. The molecular weight excluding hydrogens is 216 g/mol. The van der Waals surface area contributed by atoms with Crippen molar-refractivity contribution in [2.24, 2.45) is 0 Å². The van der Waals surface area contributed by atoms with E-state index in [1.165, 1.54) is 0 Å². The molecular formula is C10H18O6. The van der Waals surface area contributed by atoms with Gasteiger partial charge in [-0.15, -0.1) is 0 Å². The molecule has 0 aromatic rings. The van der Waals surface area contributed by atoms with E-state index in [0.29, 0.717) is 19.4 Å². The van der Waals surface area contributed by atoms with E-state index in [4.69, 9.17) is 15.1 Å². The molecule has 0 saturated heterocycles. The van der Waals surface area contributed by atoms with Crippen molar-refractivity contribution in [3.63, 3.8) is 0 Å². The predicted molar refractivity (Wildman–Crippen MR) is 54.9 cm³/mol. The summed E-state index contributed by atoms with van der Waals surface area (Å²) in [5.74, 6) is -1.97. The van der Waals surface area contributed by atoms with Gasteiger partial charge in [-0.2, -0.15) is 0 Å². The molecule has 0 saturated carbocycles. The third kappa shape index (κ3) is 8.19. The van der Waals surface area contributed by atoms with Crippen molar-refractivity contribution >= 4 is 11.9 Å². The zero-order chi connectivity index (χ0) is 12.4. The fourth-order valence-electron chi connectivity index (χ4n) is 1.03. The summed E-state index contributed by atoms with van der Waals surface area (Å²) in [7, 11) is 0. The van der Waals surface area contributed by atoms with Gasteiger partial charge in [0.15, 0.2) is 6.10 Å². The van der Waals surface area contributed by atoms with E-state index in [9.17, 15) is 9.59 Å². The molecule has 1 atom stereocenters. The maximum absolute atomic E-state index is 10.7. The van der Waals surface area contributed by atoms with Gasteiger partial charge in [0.2, 0.25) is 0 Å². The summed E-state index contributed by atoms with van der Waals surface area (Å²) in [6, 6.07) is 0. The smallest absolute Gasteiger partial charge is 0.336 e. The number of carbonyl (C=O) groups is 2. The van der Waals surface area contributed by atoms with Crippen LogP contribution in [-0.2, 0) is 19.4 Å². The Balaban J connectivity index is 3.68. The van der Waals surface area contributed by atoms with Crippen LogP contribution in [0, 0.1) is 0 Å². The summed E-state index contributed by atoms with van der Waals surface area (Å²) in [6.07, 6.45) is 0.954. The number of aliphatic carboxylic acids is 2. The van der Waals surface area contributed by atoms with Gasteiger partial charge in [0.1, 0.15) is 0 Å². The lowest BCUT2D eigenvalue weighted by Gasteiger charge is -2.11. The molecule has 0 aromatic carbocycles. The maximum Gasteiger partial charge on any atom is 0.336 e. The van der Waals surface area contributed by atoms with Crippen molar-refractivity contribution in [3.8, 4) is 0 Å². The molecule has 0 aliphatic rings. The van der Waals surface area contributed by atoms with Crippen molar-refractivity contribution in [3.05, 3.63) is 0 Å². The Bertz CT molecular complexity index is 215. The summed E-state index contributed by atoms with van der Waals surface area (Å²) >= 11 is 0. The van der Waals surface area contributed by atoms with Gasteiger partial charge in [-0.3, -0.25) is 4.79 Å². The van der Waals surface area contributed by atoms with Gasteiger partial charge in [0.05, 0.1) is 6.61 Å². The van der Waals surface area contributed by atoms with Crippen molar-refractivity contribution < 1.29 is 29.6 Å². The Morgan fingerprint density at radius 1 is 1.25 bits per heavy atom. The van der Waals surface area contributed by atoms with Crippen molar-refractivity contribution in [2.75, 3.05) is 6.61 Å². The molecule has 94 valence electrons. The first-order chi connectivity index (χ1) is 7.57. The van der Waals surface area contributed by atoms with E-state index in [0.717, 1.165) is 6.42 Å². The minimum absolute atomic E-state index is 0.0438. The Morgan fingerprint density at radius 2 is 1.94 bits per heavy atom. The summed E-state index contributed by atoms with van der Waals surface area (Å²) in [4.78, 5) is 30.3. The lowest BCUT2D eigenvalue weighted by molar-refractivity contribution is -0.320. The minimum atomic E-state index is -1.09. The summed E-state index contributed by atoms with van der Waals surface area (Å²) in [5.41, 5.74) is 0. The normalized spacial score (nSPS) is 12.3. The van der Waals surface area contributed by atoms with Crippen LogP contribution in [0.3, 0.4) is 0 Å². The second-order valence-electron chi connectivity index (χ2n) is 3.38. The third-order valence-corrected chi connectivity index (χ3v) is 1.85. The fraction of sp³-hybridized carbons (Fsp3) is 0.800. The Hall–Kier alpha value is -1.14. The fourth-order valence-corrected chi connectivity index (χ4v) is 1.03. The number of hydrogen-bond acceptors (Lipinski definition) is 4. The van der Waals surface area contributed by atoms with E-state index >= 15 is 0 Å². The largest absolute Gasteiger partial charge is 0.481 e. The van der Waals surface area contributed by atoms with Crippen LogP contribution in [0.2, 0.25) is 0 Å². The number of hydrogen-bond donors (Lipinski definition) is 2. The molecule has 0 bridgehead atoms. The van der Waals surface area contributed by atoms with Gasteiger partial charge in [0.25, 0.3) is 0 Å². The predicted octanol–water partition coefficient (Wildman–Crippen LogP) is 1.44. The van der Waals surface area contributed by atoms with Crippen LogP contribution in [0.15, 0.2) is 0 Å². The van der Waals surface area contributed by atoms with Crippen LogP contribution in [0.25, 0.3) is 0 Å². The molecule has 0 rings (SSSR count). The lowest BCUT2D eigenvalue weighted by atomic mass is 10.1. The van der Waals surface area contributed by atoms with Crippen LogP contribution in [0.1, 0.15) is 39.0 Å². The van der Waals surface area contributed by atoms with E-state index in [1.54, 1.807) is 0 Å². The second kappa shape index (κ2) is 9.11.